The third-order valence-electron chi connectivity index (χ3n) is 9.79. The number of amidine groups is 1. The Kier molecular flexibility index (Phi) is 10.4. The van der Waals surface area contributed by atoms with E-state index < -0.39 is 10.0 Å². The van der Waals surface area contributed by atoms with Crippen LogP contribution in [0.25, 0.3) is 0 Å². The van der Waals surface area contributed by atoms with Gasteiger partial charge in [-0.15, -0.1) is 0 Å². The van der Waals surface area contributed by atoms with Crippen LogP contribution in [0.1, 0.15) is 68.2 Å². The zero-order valence-electron chi connectivity index (χ0n) is 27.1. The van der Waals surface area contributed by atoms with E-state index in [0.717, 1.165) is 49.7 Å². The molecule has 3 aliphatic heterocycles. The second-order valence-corrected chi connectivity index (χ2v) is 15.1. The Morgan fingerprint density at radius 1 is 1.07 bits per heavy atom. The molecule has 0 saturated carbocycles. The molecule has 45 heavy (non-hydrogen) atoms. The Balaban J connectivity index is 1.20. The summed E-state index contributed by atoms with van der Waals surface area (Å²) >= 11 is 6.08. The van der Waals surface area contributed by atoms with Gasteiger partial charge in [-0.1, -0.05) is 22.8 Å². The number of carbonyl (C=O) groups excluding carboxylic acids is 1. The molecule has 1 aromatic carbocycles. The summed E-state index contributed by atoms with van der Waals surface area (Å²) in [4.78, 5) is 34.6. The second kappa shape index (κ2) is 13.9. The molecule has 0 bridgehead atoms. The fourth-order valence-electron chi connectivity index (χ4n) is 6.98. The fourth-order valence-corrected chi connectivity index (χ4v) is 8.75. The van der Waals surface area contributed by atoms with E-state index in [9.17, 15) is 13.2 Å². The van der Waals surface area contributed by atoms with E-state index in [4.69, 9.17) is 16.4 Å². The third kappa shape index (κ3) is 7.13. The highest BCUT2D eigenvalue weighted by Gasteiger charge is 2.42. The number of likely N-dealkylation sites (tertiary alicyclic amines) is 1. The average Bonchev–Trinajstić information content (AvgIpc) is 3.02. The summed E-state index contributed by atoms with van der Waals surface area (Å²) in [7, 11) is -3.62. The van der Waals surface area contributed by atoms with Crippen LogP contribution in [0.5, 0.6) is 0 Å². The standard InChI is InChI=1S/C32H46ClN7O4S/c1-6-44-36-30(26-10-14-39(15-11-26)45(42,43)28-9-7-8-27(33)20-28)40-19-18-38(21-23(40)2)32(5)12-16-37(17-13-32)31(41)29-24(3)34-22-35-25(29)4/h7-9,20,22-23,26H,6,10-19,21H2,1-5H3/b36-30+/t23-/m0/s1. The highest BCUT2D eigenvalue weighted by Crippen LogP contribution is 2.33. The molecule has 1 amide bonds. The molecule has 0 unspecified atom stereocenters. The van der Waals surface area contributed by atoms with Crippen LogP contribution in [0.15, 0.2) is 40.6 Å². The van der Waals surface area contributed by atoms with E-state index >= 15 is 0 Å². The number of aryl methyl sites for hydroxylation is 2. The molecule has 0 spiro atoms. The minimum Gasteiger partial charge on any atom is -0.395 e. The maximum absolute atomic E-state index is 13.4. The first-order valence-corrected chi connectivity index (χ1v) is 17.8. The number of amides is 1. The number of piperazine rings is 1. The van der Waals surface area contributed by atoms with Crippen molar-refractivity contribution in [2.75, 3.05) is 52.4 Å². The van der Waals surface area contributed by atoms with Crippen LogP contribution in [-0.2, 0) is 14.9 Å². The topological polar surface area (TPSA) is 112 Å². The largest absolute Gasteiger partial charge is 0.395 e. The first-order chi connectivity index (χ1) is 21.4. The van der Waals surface area contributed by atoms with Crippen molar-refractivity contribution in [3.05, 3.63) is 52.6 Å². The summed E-state index contributed by atoms with van der Waals surface area (Å²) < 4.78 is 28.1. The number of hydrogen-bond acceptors (Lipinski definition) is 8. The van der Waals surface area contributed by atoms with E-state index in [1.807, 2.05) is 25.7 Å². The molecule has 3 fully saturated rings. The lowest BCUT2D eigenvalue weighted by Gasteiger charge is -2.52. The predicted octanol–water partition coefficient (Wildman–Crippen LogP) is 4.20. The van der Waals surface area contributed by atoms with Gasteiger partial charge in [0.25, 0.3) is 5.91 Å². The van der Waals surface area contributed by atoms with Crippen molar-refractivity contribution >= 4 is 33.4 Å². The van der Waals surface area contributed by atoms with Crippen LogP contribution in [0.3, 0.4) is 0 Å². The van der Waals surface area contributed by atoms with E-state index in [1.165, 1.54) is 12.4 Å². The molecule has 11 nitrogen and oxygen atoms in total. The summed E-state index contributed by atoms with van der Waals surface area (Å²) in [5.74, 6) is 1.05. The normalized spacial score (nSPS) is 22.4. The number of aromatic nitrogens is 2. The lowest BCUT2D eigenvalue weighted by Crippen LogP contribution is -2.63. The molecule has 3 aliphatic rings. The molecule has 3 saturated heterocycles. The van der Waals surface area contributed by atoms with Gasteiger partial charge in [0.2, 0.25) is 10.0 Å². The van der Waals surface area contributed by atoms with Gasteiger partial charge in [-0.2, -0.15) is 4.31 Å². The Morgan fingerprint density at radius 2 is 1.73 bits per heavy atom. The van der Waals surface area contributed by atoms with E-state index in [-0.39, 0.29) is 28.3 Å². The molecule has 1 atom stereocenters. The number of sulfonamides is 1. The van der Waals surface area contributed by atoms with Gasteiger partial charge in [-0.05, 0) is 78.5 Å². The molecule has 0 radical (unpaired) electrons. The number of nitrogens with zero attached hydrogens (tertiary/aromatic N) is 7. The van der Waals surface area contributed by atoms with Crippen LogP contribution < -0.4 is 0 Å². The van der Waals surface area contributed by atoms with Crippen molar-refractivity contribution in [3.63, 3.8) is 0 Å². The van der Waals surface area contributed by atoms with Crippen LogP contribution in [0.2, 0.25) is 5.02 Å². The first-order valence-electron chi connectivity index (χ1n) is 16.0. The van der Waals surface area contributed by atoms with Crippen LogP contribution in [-0.4, -0.2) is 113 Å². The highest BCUT2D eigenvalue weighted by atomic mass is 35.5. The maximum atomic E-state index is 13.4. The second-order valence-electron chi connectivity index (χ2n) is 12.7. The number of carbonyl (C=O) groups is 1. The van der Waals surface area contributed by atoms with Crippen LogP contribution in [0, 0.1) is 19.8 Å². The molecule has 0 aliphatic carbocycles. The van der Waals surface area contributed by atoms with Gasteiger partial charge < -0.3 is 14.6 Å². The van der Waals surface area contributed by atoms with Gasteiger partial charge in [-0.25, -0.2) is 18.4 Å². The van der Waals surface area contributed by atoms with Crippen molar-refractivity contribution < 1.29 is 18.0 Å². The summed E-state index contributed by atoms with van der Waals surface area (Å²) in [5.41, 5.74) is 2.07. The van der Waals surface area contributed by atoms with Crippen molar-refractivity contribution in [1.82, 2.24) is 29.0 Å². The maximum Gasteiger partial charge on any atom is 0.257 e. The Hall–Kier alpha value is -2.80. The number of rotatable bonds is 7. The SMILES string of the molecule is CCO/N=C(\C1CCN(S(=O)(=O)c2cccc(Cl)c2)CC1)N1CCN(C2(C)CCN(C(=O)c3c(C)ncnc3C)CC2)C[C@@H]1C. The number of oxime groups is 1. The molecule has 1 aromatic heterocycles. The molecule has 2 aromatic rings. The molecule has 246 valence electrons. The van der Waals surface area contributed by atoms with E-state index in [1.54, 1.807) is 22.5 Å². The summed E-state index contributed by atoms with van der Waals surface area (Å²) in [6, 6.07) is 6.65. The minimum atomic E-state index is -3.62. The smallest absolute Gasteiger partial charge is 0.257 e. The first kappa shape index (κ1) is 33.6. The molecular formula is C32H46ClN7O4S. The molecule has 4 heterocycles. The Labute approximate surface area is 272 Å². The van der Waals surface area contributed by atoms with Gasteiger partial charge in [0.1, 0.15) is 18.8 Å². The van der Waals surface area contributed by atoms with Gasteiger partial charge in [0.15, 0.2) is 0 Å². The zero-order valence-corrected chi connectivity index (χ0v) is 28.6. The zero-order chi connectivity index (χ0) is 32.4. The van der Waals surface area contributed by atoms with Gasteiger partial charge in [-0.3, -0.25) is 9.69 Å². The lowest BCUT2D eigenvalue weighted by molar-refractivity contribution is -0.00345. The average molecular weight is 660 g/mol. The van der Waals surface area contributed by atoms with Gasteiger partial charge in [0, 0.05) is 68.3 Å². The number of hydrogen-bond donors (Lipinski definition) is 0. The molecular weight excluding hydrogens is 614 g/mol. The molecule has 13 heteroatoms. The number of benzene rings is 1. The quantitative estimate of drug-likeness (QED) is 0.247. The molecule has 0 N–H and O–H groups in total. The van der Waals surface area contributed by atoms with Gasteiger partial charge in [0.05, 0.1) is 21.8 Å². The van der Waals surface area contributed by atoms with Crippen LogP contribution in [0.4, 0.5) is 0 Å². The minimum absolute atomic E-state index is 0.00827. The van der Waals surface area contributed by atoms with Crippen molar-refractivity contribution in [2.24, 2.45) is 11.1 Å². The van der Waals surface area contributed by atoms with Crippen molar-refractivity contribution in [1.29, 1.82) is 0 Å². The summed E-state index contributed by atoms with van der Waals surface area (Å²) in [6.45, 7) is 15.5. The van der Waals surface area contributed by atoms with Crippen molar-refractivity contribution in [3.8, 4) is 0 Å². The third-order valence-corrected chi connectivity index (χ3v) is 11.9. The van der Waals surface area contributed by atoms with E-state index in [2.05, 4.69) is 38.8 Å². The lowest BCUT2D eigenvalue weighted by atomic mass is 9.86. The van der Waals surface area contributed by atoms with Gasteiger partial charge >= 0.3 is 0 Å². The number of piperidine rings is 2. The summed E-state index contributed by atoms with van der Waals surface area (Å²) in [5, 5.41) is 5.02. The monoisotopic (exact) mass is 659 g/mol. The summed E-state index contributed by atoms with van der Waals surface area (Å²) in [6.07, 6.45) is 4.65. The number of halogens is 1. The predicted molar refractivity (Wildman–Crippen MR) is 175 cm³/mol. The molecule has 5 rings (SSSR count). The highest BCUT2D eigenvalue weighted by molar-refractivity contribution is 7.89. The fraction of sp³-hybridized carbons (Fsp3) is 0.625. The van der Waals surface area contributed by atoms with E-state index in [0.29, 0.717) is 56.2 Å². The Morgan fingerprint density at radius 3 is 2.33 bits per heavy atom. The van der Waals surface area contributed by atoms with Crippen LogP contribution >= 0.6 is 11.6 Å². The Bertz CT molecular complexity index is 1480. The van der Waals surface area contributed by atoms with Crippen molar-refractivity contribution in [2.45, 2.75) is 76.8 Å².